The first-order chi connectivity index (χ1) is 12.7. The number of amides is 1. The Labute approximate surface area is 150 Å². The molecule has 3 aromatic rings. The van der Waals surface area contributed by atoms with E-state index >= 15 is 0 Å². The number of carbonyl (C=O) groups excluding carboxylic acids is 1. The molecule has 0 aliphatic rings. The molecule has 0 aliphatic carbocycles. The molecule has 0 fully saturated rings. The van der Waals surface area contributed by atoms with Gasteiger partial charge in [-0.15, -0.1) is 0 Å². The summed E-state index contributed by atoms with van der Waals surface area (Å²) in [4.78, 5) is 20.3. The van der Waals surface area contributed by atoms with Gasteiger partial charge in [-0.1, -0.05) is 11.2 Å². The lowest BCUT2D eigenvalue weighted by atomic mass is 10.2. The van der Waals surface area contributed by atoms with Gasteiger partial charge in [0.1, 0.15) is 5.82 Å². The van der Waals surface area contributed by atoms with E-state index in [0.29, 0.717) is 35.5 Å². The number of benzene rings is 1. The van der Waals surface area contributed by atoms with Crippen molar-refractivity contribution in [1.29, 1.82) is 0 Å². The number of hydrogen-bond acceptors (Lipinski definition) is 7. The van der Waals surface area contributed by atoms with Crippen molar-refractivity contribution in [2.24, 2.45) is 0 Å². The monoisotopic (exact) mass is 354 g/mol. The number of pyridine rings is 1. The van der Waals surface area contributed by atoms with Crippen LogP contribution in [0, 0.1) is 0 Å². The largest absolute Gasteiger partial charge is 0.493 e. The van der Waals surface area contributed by atoms with Gasteiger partial charge in [-0.25, -0.2) is 4.98 Å². The van der Waals surface area contributed by atoms with Gasteiger partial charge in [0.15, 0.2) is 11.5 Å². The zero-order valence-electron chi connectivity index (χ0n) is 14.4. The summed E-state index contributed by atoms with van der Waals surface area (Å²) in [5.74, 6) is 2.33. The number of hydrogen-bond donors (Lipinski definition) is 1. The number of carbonyl (C=O) groups is 1. The fourth-order valence-electron chi connectivity index (χ4n) is 2.31. The van der Waals surface area contributed by atoms with Gasteiger partial charge in [-0.3, -0.25) is 4.79 Å². The molecule has 0 aliphatic heterocycles. The second-order valence-corrected chi connectivity index (χ2v) is 5.34. The zero-order chi connectivity index (χ0) is 18.4. The molecular formula is C18H18N4O4. The summed E-state index contributed by atoms with van der Waals surface area (Å²) >= 11 is 0. The van der Waals surface area contributed by atoms with Gasteiger partial charge in [-0.2, -0.15) is 4.98 Å². The van der Waals surface area contributed by atoms with E-state index in [0.717, 1.165) is 5.56 Å². The Balaban J connectivity index is 1.62. The molecule has 8 nitrogen and oxygen atoms in total. The highest BCUT2D eigenvalue weighted by atomic mass is 16.5. The highest BCUT2D eigenvalue weighted by Crippen LogP contribution is 2.31. The van der Waals surface area contributed by atoms with Crippen molar-refractivity contribution in [3.05, 3.63) is 48.5 Å². The summed E-state index contributed by atoms with van der Waals surface area (Å²) in [5, 5.41) is 6.66. The topological polar surface area (TPSA) is 99.4 Å². The van der Waals surface area contributed by atoms with E-state index < -0.39 is 0 Å². The van der Waals surface area contributed by atoms with Crippen molar-refractivity contribution in [3.63, 3.8) is 0 Å². The molecule has 2 aromatic heterocycles. The van der Waals surface area contributed by atoms with Crippen molar-refractivity contribution in [2.45, 2.75) is 12.8 Å². The Kier molecular flexibility index (Phi) is 5.43. The molecule has 0 spiro atoms. The van der Waals surface area contributed by atoms with Crippen LogP contribution in [-0.2, 0) is 11.2 Å². The fraction of sp³-hybridized carbons (Fsp3) is 0.222. The van der Waals surface area contributed by atoms with Gasteiger partial charge in [0.2, 0.25) is 17.6 Å². The van der Waals surface area contributed by atoms with Crippen LogP contribution in [-0.4, -0.2) is 35.3 Å². The molecule has 0 saturated heterocycles. The Morgan fingerprint density at radius 1 is 1.15 bits per heavy atom. The third-order valence-electron chi connectivity index (χ3n) is 3.61. The first-order valence-electron chi connectivity index (χ1n) is 7.95. The SMILES string of the molecule is COc1ccc(-c2noc(CCC(=O)Nc3ccccn3)n2)cc1OC. The van der Waals surface area contributed by atoms with Crippen LogP contribution in [0.3, 0.4) is 0 Å². The van der Waals surface area contributed by atoms with Crippen LogP contribution in [0.4, 0.5) is 5.82 Å². The smallest absolute Gasteiger partial charge is 0.227 e. The van der Waals surface area contributed by atoms with Gasteiger partial charge in [0.05, 0.1) is 14.2 Å². The average Bonchev–Trinajstić information content (AvgIpc) is 3.15. The van der Waals surface area contributed by atoms with Crippen LogP contribution < -0.4 is 14.8 Å². The zero-order valence-corrected chi connectivity index (χ0v) is 14.4. The summed E-state index contributed by atoms with van der Waals surface area (Å²) in [6.07, 6.45) is 2.16. The lowest BCUT2D eigenvalue weighted by Crippen LogP contribution is -2.13. The van der Waals surface area contributed by atoms with Crippen LogP contribution in [0.2, 0.25) is 0 Å². The van der Waals surface area contributed by atoms with E-state index in [1.54, 1.807) is 50.7 Å². The lowest BCUT2D eigenvalue weighted by Gasteiger charge is -2.07. The Bertz CT molecular complexity index is 880. The number of aromatic nitrogens is 3. The molecule has 1 aromatic carbocycles. The molecule has 2 heterocycles. The number of nitrogens with zero attached hydrogens (tertiary/aromatic N) is 3. The molecule has 1 N–H and O–H groups in total. The minimum atomic E-state index is -0.172. The second-order valence-electron chi connectivity index (χ2n) is 5.34. The molecule has 0 radical (unpaired) electrons. The summed E-state index contributed by atoms with van der Waals surface area (Å²) in [6.45, 7) is 0. The standard InChI is InChI=1S/C18H18N4O4/c1-24-13-7-6-12(11-14(13)25-2)18-21-17(26-22-18)9-8-16(23)20-15-5-3-4-10-19-15/h3-7,10-11H,8-9H2,1-2H3,(H,19,20,23). The van der Waals surface area contributed by atoms with E-state index in [-0.39, 0.29) is 12.3 Å². The quantitative estimate of drug-likeness (QED) is 0.696. The van der Waals surface area contributed by atoms with Gasteiger partial charge in [0.25, 0.3) is 0 Å². The van der Waals surface area contributed by atoms with Crippen LogP contribution in [0.5, 0.6) is 11.5 Å². The number of anilines is 1. The van der Waals surface area contributed by atoms with Crippen molar-refractivity contribution in [1.82, 2.24) is 15.1 Å². The lowest BCUT2D eigenvalue weighted by molar-refractivity contribution is -0.116. The fourth-order valence-corrected chi connectivity index (χ4v) is 2.31. The minimum absolute atomic E-state index is 0.172. The maximum Gasteiger partial charge on any atom is 0.227 e. The molecule has 1 amide bonds. The van der Waals surface area contributed by atoms with Crippen molar-refractivity contribution < 1.29 is 18.8 Å². The van der Waals surface area contributed by atoms with Gasteiger partial charge < -0.3 is 19.3 Å². The third-order valence-corrected chi connectivity index (χ3v) is 3.61. The summed E-state index contributed by atoms with van der Waals surface area (Å²) < 4.78 is 15.7. The van der Waals surface area contributed by atoms with E-state index in [1.165, 1.54) is 0 Å². The van der Waals surface area contributed by atoms with Crippen LogP contribution in [0.1, 0.15) is 12.3 Å². The maximum absolute atomic E-state index is 11.9. The van der Waals surface area contributed by atoms with E-state index in [1.807, 2.05) is 6.07 Å². The minimum Gasteiger partial charge on any atom is -0.493 e. The molecule has 0 atom stereocenters. The van der Waals surface area contributed by atoms with E-state index in [2.05, 4.69) is 20.4 Å². The van der Waals surface area contributed by atoms with Crippen molar-refractivity contribution in [3.8, 4) is 22.9 Å². The molecular weight excluding hydrogens is 336 g/mol. The van der Waals surface area contributed by atoms with E-state index in [9.17, 15) is 4.79 Å². The number of nitrogens with one attached hydrogen (secondary N) is 1. The van der Waals surface area contributed by atoms with E-state index in [4.69, 9.17) is 14.0 Å². The number of methoxy groups -OCH3 is 2. The highest BCUT2D eigenvalue weighted by Gasteiger charge is 2.13. The highest BCUT2D eigenvalue weighted by molar-refractivity contribution is 5.89. The van der Waals surface area contributed by atoms with Crippen molar-refractivity contribution in [2.75, 3.05) is 19.5 Å². The van der Waals surface area contributed by atoms with Crippen LogP contribution in [0.25, 0.3) is 11.4 Å². The first-order valence-corrected chi connectivity index (χ1v) is 7.95. The van der Waals surface area contributed by atoms with Gasteiger partial charge in [-0.05, 0) is 30.3 Å². The van der Waals surface area contributed by atoms with Crippen LogP contribution >= 0.6 is 0 Å². The predicted octanol–water partition coefficient (Wildman–Crippen LogP) is 2.72. The summed E-state index contributed by atoms with van der Waals surface area (Å²) in [6, 6.07) is 10.6. The number of aryl methyl sites for hydroxylation is 1. The molecule has 26 heavy (non-hydrogen) atoms. The molecule has 8 heteroatoms. The Hall–Kier alpha value is -3.42. The Morgan fingerprint density at radius 3 is 2.73 bits per heavy atom. The average molecular weight is 354 g/mol. The van der Waals surface area contributed by atoms with Crippen LogP contribution in [0.15, 0.2) is 47.1 Å². The summed E-state index contributed by atoms with van der Waals surface area (Å²) in [5.41, 5.74) is 0.732. The second kappa shape index (κ2) is 8.11. The number of rotatable bonds is 7. The molecule has 0 saturated carbocycles. The molecule has 0 unspecified atom stereocenters. The predicted molar refractivity (Wildman–Crippen MR) is 94.0 cm³/mol. The molecule has 134 valence electrons. The van der Waals surface area contributed by atoms with Crippen molar-refractivity contribution >= 4 is 11.7 Å². The Morgan fingerprint density at radius 2 is 2.00 bits per heavy atom. The summed E-state index contributed by atoms with van der Waals surface area (Å²) in [7, 11) is 3.13. The third kappa shape index (κ3) is 4.15. The first kappa shape index (κ1) is 17.4. The molecule has 3 rings (SSSR count). The maximum atomic E-state index is 11.9. The normalized spacial score (nSPS) is 10.4. The molecule has 0 bridgehead atoms. The van der Waals surface area contributed by atoms with Gasteiger partial charge >= 0.3 is 0 Å². The number of ether oxygens (including phenoxy) is 2. The van der Waals surface area contributed by atoms with Gasteiger partial charge in [0, 0.05) is 24.6 Å².